The molecule has 0 spiro atoms. The fraction of sp³-hybridized carbons (Fsp3) is 0.240. The average Bonchev–Trinajstić information content (AvgIpc) is 2.90. The highest BCUT2D eigenvalue weighted by atomic mass is 15.3. The second-order valence-electron chi connectivity index (χ2n) is 7.75. The number of hydrogen-bond donors (Lipinski definition) is 1. The lowest BCUT2D eigenvalue weighted by molar-refractivity contribution is 0.779. The third-order valence-corrected chi connectivity index (χ3v) is 5.96. The van der Waals surface area contributed by atoms with Gasteiger partial charge in [-0.25, -0.2) is 4.68 Å². The number of aromatic nitrogens is 2. The van der Waals surface area contributed by atoms with E-state index in [1.54, 1.807) is 0 Å². The summed E-state index contributed by atoms with van der Waals surface area (Å²) >= 11 is 0. The number of benzene rings is 3. The molecule has 0 aliphatic carbocycles. The first kappa shape index (κ1) is 17.1. The van der Waals surface area contributed by atoms with Crippen molar-refractivity contribution >= 4 is 16.6 Å². The number of rotatable bonds is 2. The van der Waals surface area contributed by atoms with E-state index in [-0.39, 0.29) is 0 Å². The molecular formula is C25H25N3. The van der Waals surface area contributed by atoms with Crippen molar-refractivity contribution < 1.29 is 0 Å². The van der Waals surface area contributed by atoms with Crippen LogP contribution in [-0.2, 0) is 6.42 Å². The monoisotopic (exact) mass is 367 g/mol. The van der Waals surface area contributed by atoms with Crippen LogP contribution in [-0.4, -0.2) is 16.3 Å². The van der Waals surface area contributed by atoms with Crippen LogP contribution in [0.5, 0.6) is 0 Å². The maximum absolute atomic E-state index is 5.14. The van der Waals surface area contributed by atoms with E-state index in [0.29, 0.717) is 0 Å². The number of fused-ring (bicyclic) bond motifs is 2. The van der Waals surface area contributed by atoms with E-state index >= 15 is 0 Å². The zero-order chi connectivity index (χ0) is 19.1. The van der Waals surface area contributed by atoms with Gasteiger partial charge in [0.1, 0.15) is 5.82 Å². The molecule has 0 fully saturated rings. The van der Waals surface area contributed by atoms with Crippen LogP contribution in [0.15, 0.2) is 60.7 Å². The molecule has 1 aliphatic heterocycles. The minimum Gasteiger partial charge on any atom is -0.370 e. The molecule has 3 nitrogen and oxygen atoms in total. The van der Waals surface area contributed by atoms with E-state index in [9.17, 15) is 0 Å². The van der Waals surface area contributed by atoms with Crippen LogP contribution in [0.3, 0.4) is 0 Å². The molecule has 0 atom stereocenters. The first-order valence-electron chi connectivity index (χ1n) is 10.1. The molecule has 0 amide bonds. The van der Waals surface area contributed by atoms with Crippen molar-refractivity contribution in [3.8, 4) is 16.9 Å². The van der Waals surface area contributed by atoms with Crippen LogP contribution >= 0.6 is 0 Å². The van der Waals surface area contributed by atoms with Gasteiger partial charge in [-0.1, -0.05) is 48.5 Å². The van der Waals surface area contributed by atoms with Crippen molar-refractivity contribution in [2.24, 2.45) is 0 Å². The molecule has 3 heteroatoms. The Hall–Kier alpha value is -3.07. The van der Waals surface area contributed by atoms with Crippen LogP contribution < -0.4 is 5.32 Å². The fourth-order valence-electron chi connectivity index (χ4n) is 4.21. The zero-order valence-electron chi connectivity index (χ0n) is 16.5. The first-order valence-corrected chi connectivity index (χ1v) is 10.1. The Labute approximate surface area is 166 Å². The van der Waals surface area contributed by atoms with Gasteiger partial charge in [-0.15, -0.1) is 0 Å². The van der Waals surface area contributed by atoms with Gasteiger partial charge in [0.25, 0.3) is 0 Å². The van der Waals surface area contributed by atoms with Gasteiger partial charge in [-0.05, 0) is 67.1 Å². The van der Waals surface area contributed by atoms with Gasteiger partial charge in [0, 0.05) is 17.7 Å². The molecule has 1 N–H and O–H groups in total. The summed E-state index contributed by atoms with van der Waals surface area (Å²) < 4.78 is 2.13. The van der Waals surface area contributed by atoms with E-state index in [2.05, 4.69) is 84.5 Å². The Balaban J connectivity index is 1.74. The molecule has 140 valence electrons. The summed E-state index contributed by atoms with van der Waals surface area (Å²) in [6.45, 7) is 5.35. The second kappa shape index (κ2) is 6.83. The molecule has 0 unspecified atom stereocenters. The molecule has 0 bridgehead atoms. The topological polar surface area (TPSA) is 29.9 Å². The first-order chi connectivity index (χ1) is 13.7. The molecule has 1 aromatic heterocycles. The molecule has 0 radical (unpaired) electrons. The summed E-state index contributed by atoms with van der Waals surface area (Å²) in [6.07, 6.45) is 3.45. The Morgan fingerprint density at radius 2 is 1.75 bits per heavy atom. The molecule has 2 heterocycles. The largest absolute Gasteiger partial charge is 0.370 e. The van der Waals surface area contributed by atoms with Crippen LogP contribution in [0.4, 0.5) is 5.82 Å². The Morgan fingerprint density at radius 1 is 0.893 bits per heavy atom. The summed E-state index contributed by atoms with van der Waals surface area (Å²) in [5, 5.41) is 11.3. The molecule has 0 saturated carbocycles. The van der Waals surface area contributed by atoms with Crippen LogP contribution in [0, 0.1) is 13.8 Å². The maximum atomic E-state index is 5.14. The normalized spacial score (nSPS) is 13.8. The van der Waals surface area contributed by atoms with E-state index in [4.69, 9.17) is 5.10 Å². The van der Waals surface area contributed by atoms with Gasteiger partial charge in [-0.3, -0.25) is 0 Å². The van der Waals surface area contributed by atoms with Crippen molar-refractivity contribution in [3.63, 3.8) is 0 Å². The van der Waals surface area contributed by atoms with Crippen LogP contribution in [0.2, 0.25) is 0 Å². The number of hydrogen-bond acceptors (Lipinski definition) is 2. The molecule has 0 saturated heterocycles. The number of nitrogens with zero attached hydrogens (tertiary/aromatic N) is 2. The quantitative estimate of drug-likeness (QED) is 0.467. The summed E-state index contributed by atoms with van der Waals surface area (Å²) in [6, 6.07) is 21.7. The highest BCUT2D eigenvalue weighted by Gasteiger charge is 2.22. The van der Waals surface area contributed by atoms with Crippen molar-refractivity contribution in [2.45, 2.75) is 33.1 Å². The highest BCUT2D eigenvalue weighted by Crippen LogP contribution is 2.36. The Kier molecular flexibility index (Phi) is 4.16. The Bertz CT molecular complexity index is 1170. The second-order valence-corrected chi connectivity index (χ2v) is 7.75. The van der Waals surface area contributed by atoms with Crippen molar-refractivity contribution in [2.75, 3.05) is 11.9 Å². The van der Waals surface area contributed by atoms with E-state index in [1.807, 2.05) is 0 Å². The van der Waals surface area contributed by atoms with Gasteiger partial charge in [0.2, 0.25) is 0 Å². The van der Waals surface area contributed by atoms with Crippen molar-refractivity contribution in [1.82, 2.24) is 9.78 Å². The number of anilines is 1. The van der Waals surface area contributed by atoms with Crippen LogP contribution in [0.25, 0.3) is 27.7 Å². The molecule has 5 rings (SSSR count). The lowest BCUT2D eigenvalue weighted by Crippen LogP contribution is -2.08. The summed E-state index contributed by atoms with van der Waals surface area (Å²) in [5.74, 6) is 1.16. The molecular weight excluding hydrogens is 342 g/mol. The summed E-state index contributed by atoms with van der Waals surface area (Å²) in [5.41, 5.74) is 7.39. The Morgan fingerprint density at radius 3 is 2.64 bits per heavy atom. The lowest BCUT2D eigenvalue weighted by Gasteiger charge is -2.13. The third-order valence-electron chi connectivity index (χ3n) is 5.96. The van der Waals surface area contributed by atoms with Gasteiger partial charge in [0.15, 0.2) is 0 Å². The third kappa shape index (κ3) is 2.78. The van der Waals surface area contributed by atoms with E-state index in [1.165, 1.54) is 45.9 Å². The van der Waals surface area contributed by atoms with Gasteiger partial charge in [0.05, 0.1) is 11.4 Å². The SMILES string of the molecule is Cc1cccc(-n2nc(-c3ccc4ccccc4c3)c3c2NCCCC3)c1C. The minimum absolute atomic E-state index is 1.00. The van der Waals surface area contributed by atoms with Gasteiger partial charge < -0.3 is 5.32 Å². The van der Waals surface area contributed by atoms with Crippen molar-refractivity contribution in [3.05, 3.63) is 77.4 Å². The lowest BCUT2D eigenvalue weighted by atomic mass is 10.0. The van der Waals surface area contributed by atoms with Gasteiger partial charge in [-0.2, -0.15) is 5.10 Å². The fourth-order valence-corrected chi connectivity index (χ4v) is 4.21. The predicted octanol–water partition coefficient (Wildman–Crippen LogP) is 6.06. The van der Waals surface area contributed by atoms with Crippen LogP contribution in [0.1, 0.15) is 29.5 Å². The number of aryl methyl sites for hydroxylation is 1. The highest BCUT2D eigenvalue weighted by molar-refractivity contribution is 5.87. The molecule has 1 aliphatic rings. The predicted molar refractivity (Wildman–Crippen MR) is 117 cm³/mol. The molecule has 28 heavy (non-hydrogen) atoms. The average molecular weight is 367 g/mol. The summed E-state index contributed by atoms with van der Waals surface area (Å²) in [7, 11) is 0. The molecule has 4 aromatic rings. The molecule has 3 aromatic carbocycles. The summed E-state index contributed by atoms with van der Waals surface area (Å²) in [4.78, 5) is 0. The van der Waals surface area contributed by atoms with Crippen molar-refractivity contribution in [1.29, 1.82) is 0 Å². The smallest absolute Gasteiger partial charge is 0.133 e. The zero-order valence-corrected chi connectivity index (χ0v) is 16.5. The van der Waals surface area contributed by atoms with Gasteiger partial charge >= 0.3 is 0 Å². The maximum Gasteiger partial charge on any atom is 0.133 e. The number of nitrogens with one attached hydrogen (secondary N) is 1. The minimum atomic E-state index is 1.00. The van der Waals surface area contributed by atoms with E-state index < -0.39 is 0 Å². The van der Waals surface area contributed by atoms with E-state index in [0.717, 1.165) is 30.2 Å². The standard InChI is InChI=1S/C25H25N3/c1-17-8-7-12-23(18(17)2)28-25-22(11-5-6-15-26-25)24(27-28)21-14-13-19-9-3-4-10-20(19)16-21/h3-4,7-10,12-14,16,26H,5-6,11,15H2,1-2H3.